The zero-order valence-corrected chi connectivity index (χ0v) is 12.9. The number of ether oxygens (including phenoxy) is 1. The van der Waals surface area contributed by atoms with Crippen LogP contribution in [0.15, 0.2) is 18.2 Å². The van der Waals surface area contributed by atoms with Crippen LogP contribution in [0.5, 0.6) is 5.75 Å². The van der Waals surface area contributed by atoms with Gasteiger partial charge >= 0.3 is 6.03 Å². The predicted octanol–water partition coefficient (Wildman–Crippen LogP) is 4.00. The van der Waals surface area contributed by atoms with Gasteiger partial charge in [0.1, 0.15) is 5.75 Å². The number of anilines is 1. The van der Waals surface area contributed by atoms with Crippen molar-refractivity contribution in [1.29, 1.82) is 0 Å². The summed E-state index contributed by atoms with van der Waals surface area (Å²) in [4.78, 5) is 14.2. The van der Waals surface area contributed by atoms with Gasteiger partial charge < -0.3 is 15.0 Å². The molecule has 0 saturated carbocycles. The van der Waals surface area contributed by atoms with Crippen LogP contribution < -0.4 is 10.1 Å². The van der Waals surface area contributed by atoms with E-state index in [2.05, 4.69) is 19.2 Å². The number of piperidine rings is 1. The lowest BCUT2D eigenvalue weighted by molar-refractivity contribution is 0.147. The molecule has 110 valence electrons. The molecule has 5 heteroatoms. The third-order valence-electron chi connectivity index (χ3n) is 3.80. The summed E-state index contributed by atoms with van der Waals surface area (Å²) >= 11 is 6.14. The van der Waals surface area contributed by atoms with Crippen molar-refractivity contribution in [1.82, 2.24) is 4.90 Å². The summed E-state index contributed by atoms with van der Waals surface area (Å²) in [5, 5.41) is 3.36. The summed E-state index contributed by atoms with van der Waals surface area (Å²) in [5.74, 6) is 1.22. The molecule has 0 radical (unpaired) electrons. The maximum absolute atomic E-state index is 12.4. The maximum Gasteiger partial charge on any atom is 0.322 e. The molecule has 2 atom stereocenters. The summed E-state index contributed by atoms with van der Waals surface area (Å²) in [5.41, 5.74) is 0.614. The monoisotopic (exact) mass is 296 g/mol. The van der Waals surface area contributed by atoms with Crippen LogP contribution >= 0.6 is 11.6 Å². The topological polar surface area (TPSA) is 41.6 Å². The van der Waals surface area contributed by atoms with Gasteiger partial charge in [-0.3, -0.25) is 0 Å². The zero-order chi connectivity index (χ0) is 14.7. The van der Waals surface area contributed by atoms with Gasteiger partial charge in [-0.05, 0) is 37.8 Å². The average Bonchev–Trinajstić information content (AvgIpc) is 2.43. The van der Waals surface area contributed by atoms with Crippen LogP contribution in [-0.4, -0.2) is 30.6 Å². The van der Waals surface area contributed by atoms with Gasteiger partial charge in [-0.15, -0.1) is 0 Å². The summed E-state index contributed by atoms with van der Waals surface area (Å²) in [6, 6.07) is 5.42. The van der Waals surface area contributed by atoms with E-state index in [0.29, 0.717) is 22.4 Å². The molecule has 0 aromatic heterocycles. The molecule has 2 amide bonds. The molecule has 1 aliphatic heterocycles. The molecule has 1 saturated heterocycles. The van der Waals surface area contributed by atoms with E-state index in [1.165, 1.54) is 6.42 Å². The highest BCUT2D eigenvalue weighted by atomic mass is 35.5. The highest BCUT2D eigenvalue weighted by Crippen LogP contribution is 2.28. The predicted molar refractivity (Wildman–Crippen MR) is 81.6 cm³/mol. The van der Waals surface area contributed by atoms with E-state index in [1.807, 2.05) is 4.90 Å². The molecule has 0 unspecified atom stereocenters. The van der Waals surface area contributed by atoms with E-state index >= 15 is 0 Å². The molecule has 1 heterocycles. The van der Waals surface area contributed by atoms with Crippen molar-refractivity contribution in [3.05, 3.63) is 23.2 Å². The molecule has 4 nitrogen and oxygen atoms in total. The van der Waals surface area contributed by atoms with Gasteiger partial charge in [-0.1, -0.05) is 18.5 Å². The van der Waals surface area contributed by atoms with Crippen molar-refractivity contribution in [2.45, 2.75) is 32.7 Å². The minimum Gasteiger partial charge on any atom is -0.497 e. The zero-order valence-electron chi connectivity index (χ0n) is 12.1. The fourth-order valence-corrected chi connectivity index (χ4v) is 2.70. The lowest BCUT2D eigenvalue weighted by atomic mass is 9.95. The maximum atomic E-state index is 12.4. The number of amides is 2. The Morgan fingerprint density at radius 3 is 2.80 bits per heavy atom. The highest BCUT2D eigenvalue weighted by molar-refractivity contribution is 6.33. The normalized spacial score (nSPS) is 22.5. The number of halogens is 1. The first kappa shape index (κ1) is 15.0. The molecule has 0 aliphatic carbocycles. The molecule has 1 aliphatic rings. The second kappa shape index (κ2) is 6.35. The quantitative estimate of drug-likeness (QED) is 0.896. The largest absolute Gasteiger partial charge is 0.497 e. The molecule has 0 bridgehead atoms. The average molecular weight is 297 g/mol. The minimum absolute atomic E-state index is 0.0869. The van der Waals surface area contributed by atoms with E-state index < -0.39 is 0 Å². The van der Waals surface area contributed by atoms with Crippen molar-refractivity contribution >= 4 is 23.3 Å². The van der Waals surface area contributed by atoms with Gasteiger partial charge in [0.15, 0.2) is 0 Å². The van der Waals surface area contributed by atoms with Crippen molar-refractivity contribution < 1.29 is 9.53 Å². The number of likely N-dealkylation sites (tertiary alicyclic amines) is 1. The van der Waals surface area contributed by atoms with E-state index in [9.17, 15) is 4.79 Å². The van der Waals surface area contributed by atoms with Crippen LogP contribution in [0.2, 0.25) is 5.02 Å². The highest BCUT2D eigenvalue weighted by Gasteiger charge is 2.27. The van der Waals surface area contributed by atoms with Crippen molar-refractivity contribution in [3.8, 4) is 5.75 Å². The lowest BCUT2D eigenvalue weighted by Gasteiger charge is -2.36. The standard InChI is InChI=1S/C15H21ClN2O2/c1-10-4-5-11(2)18(9-10)15(19)17-14-7-6-12(20-3)8-13(14)16/h6-8,10-11H,4-5,9H2,1-3H3,(H,17,19)/t10-,11+/m0/s1. The Kier molecular flexibility index (Phi) is 4.76. The second-order valence-corrected chi connectivity index (χ2v) is 5.87. The Hall–Kier alpha value is -1.42. The molecule has 1 aromatic rings. The second-order valence-electron chi connectivity index (χ2n) is 5.46. The van der Waals surface area contributed by atoms with E-state index in [0.717, 1.165) is 13.0 Å². The first-order chi connectivity index (χ1) is 9.51. The van der Waals surface area contributed by atoms with E-state index in [-0.39, 0.29) is 12.1 Å². The van der Waals surface area contributed by atoms with Gasteiger partial charge in [-0.25, -0.2) is 4.79 Å². The van der Waals surface area contributed by atoms with Gasteiger partial charge in [0.25, 0.3) is 0 Å². The first-order valence-electron chi connectivity index (χ1n) is 6.92. The van der Waals surface area contributed by atoms with E-state index in [1.54, 1.807) is 25.3 Å². The number of carbonyl (C=O) groups is 1. The number of urea groups is 1. The van der Waals surface area contributed by atoms with Crippen LogP contribution in [0.25, 0.3) is 0 Å². The van der Waals surface area contributed by atoms with Crippen LogP contribution in [-0.2, 0) is 0 Å². The Bertz CT molecular complexity index is 493. The van der Waals surface area contributed by atoms with Crippen LogP contribution in [0, 0.1) is 5.92 Å². The van der Waals surface area contributed by atoms with Crippen LogP contribution in [0.3, 0.4) is 0 Å². The molecule has 0 spiro atoms. The number of carbonyl (C=O) groups excluding carboxylic acids is 1. The lowest BCUT2D eigenvalue weighted by Crippen LogP contribution is -2.46. The Balaban J connectivity index is 2.07. The number of methoxy groups -OCH3 is 1. The van der Waals surface area contributed by atoms with Crippen molar-refractivity contribution in [2.24, 2.45) is 5.92 Å². The van der Waals surface area contributed by atoms with Gasteiger partial charge in [0, 0.05) is 18.7 Å². The first-order valence-corrected chi connectivity index (χ1v) is 7.30. The Morgan fingerprint density at radius 1 is 1.40 bits per heavy atom. The molecule has 1 aromatic carbocycles. The minimum atomic E-state index is -0.0869. The van der Waals surface area contributed by atoms with E-state index in [4.69, 9.17) is 16.3 Å². The van der Waals surface area contributed by atoms with Crippen molar-refractivity contribution in [3.63, 3.8) is 0 Å². The van der Waals surface area contributed by atoms with Gasteiger partial charge in [0.05, 0.1) is 17.8 Å². The number of nitrogens with zero attached hydrogens (tertiary/aromatic N) is 1. The molecule has 1 N–H and O–H groups in total. The van der Waals surface area contributed by atoms with Crippen LogP contribution in [0.1, 0.15) is 26.7 Å². The Morgan fingerprint density at radius 2 is 2.15 bits per heavy atom. The Labute approximate surface area is 125 Å². The smallest absolute Gasteiger partial charge is 0.322 e. The molecule has 2 rings (SSSR count). The number of hydrogen-bond acceptors (Lipinski definition) is 2. The van der Waals surface area contributed by atoms with Gasteiger partial charge in [-0.2, -0.15) is 0 Å². The fourth-order valence-electron chi connectivity index (χ4n) is 2.48. The van der Waals surface area contributed by atoms with Crippen LogP contribution in [0.4, 0.5) is 10.5 Å². The third kappa shape index (κ3) is 3.37. The summed E-state index contributed by atoms with van der Waals surface area (Å²) < 4.78 is 5.09. The molecular weight excluding hydrogens is 276 g/mol. The number of nitrogens with one attached hydrogen (secondary N) is 1. The summed E-state index contributed by atoms with van der Waals surface area (Å²) in [7, 11) is 1.58. The van der Waals surface area contributed by atoms with Crippen molar-refractivity contribution in [2.75, 3.05) is 19.0 Å². The molecule has 20 heavy (non-hydrogen) atoms. The number of rotatable bonds is 2. The van der Waals surface area contributed by atoms with Gasteiger partial charge in [0.2, 0.25) is 0 Å². The molecule has 1 fully saturated rings. The summed E-state index contributed by atoms with van der Waals surface area (Å²) in [6.07, 6.45) is 2.22. The molecular formula is C15H21ClN2O2. The number of hydrogen-bond donors (Lipinski definition) is 1. The SMILES string of the molecule is COc1ccc(NC(=O)N2C[C@@H](C)CC[C@H]2C)c(Cl)c1. The fraction of sp³-hybridized carbons (Fsp3) is 0.533. The summed E-state index contributed by atoms with van der Waals surface area (Å²) in [6.45, 7) is 5.05. The number of benzene rings is 1. The third-order valence-corrected chi connectivity index (χ3v) is 4.11.